The summed E-state index contributed by atoms with van der Waals surface area (Å²) in [6.07, 6.45) is 5.55. The zero-order chi connectivity index (χ0) is 16.4. The fourth-order valence-corrected chi connectivity index (χ4v) is 3.35. The van der Waals surface area contributed by atoms with Crippen LogP contribution in [-0.2, 0) is 6.54 Å². The van der Waals surface area contributed by atoms with Crippen LogP contribution in [0, 0.1) is 0 Å². The van der Waals surface area contributed by atoms with Gasteiger partial charge >= 0.3 is 0 Å². The minimum atomic E-state index is 0.255. The van der Waals surface area contributed by atoms with E-state index in [1.165, 1.54) is 17.1 Å². The SMILES string of the molecule is Oc1ccccc1-c1cc(-c2ccc(Cn3ccnc3)cc2)sn1. The van der Waals surface area contributed by atoms with E-state index in [2.05, 4.69) is 33.6 Å². The molecule has 1 N–H and O–H groups in total. The zero-order valence-corrected chi connectivity index (χ0v) is 13.6. The number of aromatic hydroxyl groups is 1. The predicted octanol–water partition coefficient (Wildman–Crippen LogP) is 4.43. The average Bonchev–Trinajstić information content (AvgIpc) is 3.28. The van der Waals surface area contributed by atoms with Gasteiger partial charge in [-0.15, -0.1) is 0 Å². The number of benzene rings is 2. The Morgan fingerprint density at radius 2 is 1.88 bits per heavy atom. The smallest absolute Gasteiger partial charge is 0.125 e. The third-order valence-electron chi connectivity index (χ3n) is 3.85. The van der Waals surface area contributed by atoms with Crippen molar-refractivity contribution < 1.29 is 5.11 Å². The summed E-state index contributed by atoms with van der Waals surface area (Å²) in [6, 6.07) is 17.7. The van der Waals surface area contributed by atoms with Crippen LogP contribution >= 0.6 is 11.5 Å². The monoisotopic (exact) mass is 333 g/mol. The summed E-state index contributed by atoms with van der Waals surface area (Å²) in [5, 5.41) is 9.96. The van der Waals surface area contributed by atoms with Gasteiger partial charge in [0.05, 0.1) is 16.9 Å². The Hall–Kier alpha value is -2.92. The molecule has 2 heterocycles. The van der Waals surface area contributed by atoms with Gasteiger partial charge in [0.25, 0.3) is 0 Å². The van der Waals surface area contributed by atoms with Gasteiger partial charge in [0.2, 0.25) is 0 Å². The summed E-state index contributed by atoms with van der Waals surface area (Å²) in [5.74, 6) is 0.255. The van der Waals surface area contributed by atoms with Crippen molar-refractivity contribution in [1.29, 1.82) is 0 Å². The lowest BCUT2D eigenvalue weighted by molar-refractivity contribution is 0.477. The summed E-state index contributed by atoms with van der Waals surface area (Å²) in [5.41, 5.74) is 3.91. The van der Waals surface area contributed by atoms with E-state index >= 15 is 0 Å². The van der Waals surface area contributed by atoms with Crippen molar-refractivity contribution in [2.75, 3.05) is 0 Å². The molecule has 0 amide bonds. The Morgan fingerprint density at radius 3 is 2.62 bits per heavy atom. The van der Waals surface area contributed by atoms with Gasteiger partial charge in [-0.1, -0.05) is 36.4 Å². The Labute approximate surface area is 143 Å². The molecular formula is C19H15N3OS. The molecule has 0 fully saturated rings. The number of para-hydroxylation sites is 1. The lowest BCUT2D eigenvalue weighted by Crippen LogP contribution is -1.95. The van der Waals surface area contributed by atoms with E-state index in [0.717, 1.165) is 28.2 Å². The number of aromatic nitrogens is 3. The lowest BCUT2D eigenvalue weighted by atomic mass is 10.1. The Kier molecular flexibility index (Phi) is 3.84. The molecule has 0 aliphatic rings. The molecule has 0 aliphatic carbocycles. The normalized spacial score (nSPS) is 10.8. The summed E-state index contributed by atoms with van der Waals surface area (Å²) in [6.45, 7) is 0.812. The van der Waals surface area contributed by atoms with Crippen LogP contribution in [0.4, 0.5) is 0 Å². The Bertz CT molecular complexity index is 943. The van der Waals surface area contributed by atoms with E-state index < -0.39 is 0 Å². The molecule has 118 valence electrons. The molecule has 4 rings (SSSR count). The molecule has 0 bridgehead atoms. The highest BCUT2D eigenvalue weighted by Crippen LogP contribution is 2.33. The van der Waals surface area contributed by atoms with Gasteiger partial charge in [0, 0.05) is 24.5 Å². The Morgan fingerprint density at radius 1 is 1.04 bits per heavy atom. The molecule has 0 saturated heterocycles. The number of imidazole rings is 1. The molecule has 4 aromatic rings. The fraction of sp³-hybridized carbons (Fsp3) is 0.0526. The molecule has 24 heavy (non-hydrogen) atoms. The molecule has 0 saturated carbocycles. The van der Waals surface area contributed by atoms with Crippen molar-refractivity contribution in [3.8, 4) is 27.4 Å². The number of nitrogens with zero attached hydrogens (tertiary/aromatic N) is 3. The maximum Gasteiger partial charge on any atom is 0.125 e. The zero-order valence-electron chi connectivity index (χ0n) is 12.8. The first kappa shape index (κ1) is 14.7. The first-order valence-corrected chi connectivity index (χ1v) is 8.37. The van der Waals surface area contributed by atoms with Gasteiger partial charge in [0.15, 0.2) is 0 Å². The van der Waals surface area contributed by atoms with Crippen molar-refractivity contribution in [1.82, 2.24) is 13.9 Å². The highest BCUT2D eigenvalue weighted by atomic mass is 32.1. The highest BCUT2D eigenvalue weighted by Gasteiger charge is 2.09. The van der Waals surface area contributed by atoms with Crippen LogP contribution in [0.1, 0.15) is 5.56 Å². The number of rotatable bonds is 4. The second-order valence-corrected chi connectivity index (χ2v) is 6.33. The summed E-state index contributed by atoms with van der Waals surface area (Å²) < 4.78 is 6.52. The van der Waals surface area contributed by atoms with Crippen LogP contribution in [-0.4, -0.2) is 19.0 Å². The van der Waals surface area contributed by atoms with Gasteiger partial charge in [-0.05, 0) is 40.9 Å². The van der Waals surface area contributed by atoms with E-state index in [-0.39, 0.29) is 5.75 Å². The van der Waals surface area contributed by atoms with Gasteiger partial charge < -0.3 is 9.67 Å². The van der Waals surface area contributed by atoms with Crippen molar-refractivity contribution in [2.24, 2.45) is 0 Å². The summed E-state index contributed by atoms with van der Waals surface area (Å²) >= 11 is 1.44. The fourth-order valence-electron chi connectivity index (χ4n) is 2.59. The third kappa shape index (κ3) is 2.94. The van der Waals surface area contributed by atoms with E-state index in [1.807, 2.05) is 41.4 Å². The molecule has 5 heteroatoms. The van der Waals surface area contributed by atoms with Crippen LogP contribution in [0.15, 0.2) is 73.3 Å². The first-order chi connectivity index (χ1) is 11.8. The second-order valence-electron chi connectivity index (χ2n) is 5.53. The van der Waals surface area contributed by atoms with Crippen LogP contribution in [0.2, 0.25) is 0 Å². The number of phenols is 1. The van der Waals surface area contributed by atoms with Gasteiger partial charge in [-0.2, -0.15) is 4.37 Å². The third-order valence-corrected chi connectivity index (χ3v) is 4.69. The maximum absolute atomic E-state index is 9.96. The van der Waals surface area contributed by atoms with Gasteiger partial charge in [-0.3, -0.25) is 0 Å². The maximum atomic E-state index is 9.96. The van der Waals surface area contributed by atoms with Crippen LogP contribution in [0.3, 0.4) is 0 Å². The quantitative estimate of drug-likeness (QED) is 0.601. The number of phenolic OH excluding ortho intramolecular Hbond substituents is 1. The molecule has 2 aromatic heterocycles. The largest absolute Gasteiger partial charge is 0.507 e. The van der Waals surface area contributed by atoms with Crippen LogP contribution in [0.25, 0.3) is 21.7 Å². The van der Waals surface area contributed by atoms with E-state index in [4.69, 9.17) is 0 Å². The van der Waals surface area contributed by atoms with Gasteiger partial charge in [-0.25, -0.2) is 4.98 Å². The molecule has 4 nitrogen and oxygen atoms in total. The van der Waals surface area contributed by atoms with Gasteiger partial charge in [0.1, 0.15) is 5.75 Å². The van der Waals surface area contributed by atoms with Crippen LogP contribution < -0.4 is 0 Å². The molecule has 0 aliphatic heterocycles. The lowest BCUT2D eigenvalue weighted by Gasteiger charge is -2.03. The molecule has 0 radical (unpaired) electrons. The minimum absolute atomic E-state index is 0.255. The van der Waals surface area contributed by atoms with E-state index in [9.17, 15) is 5.11 Å². The van der Waals surface area contributed by atoms with Crippen LogP contribution in [0.5, 0.6) is 5.75 Å². The number of hydrogen-bond donors (Lipinski definition) is 1. The highest BCUT2D eigenvalue weighted by molar-refractivity contribution is 7.09. The molecular weight excluding hydrogens is 318 g/mol. The number of hydrogen-bond acceptors (Lipinski definition) is 4. The second kappa shape index (κ2) is 6.29. The standard InChI is InChI=1S/C19H15N3OS/c23-18-4-2-1-3-16(18)17-11-19(24-21-17)15-7-5-14(6-8-15)12-22-10-9-20-13-22/h1-11,13,23H,12H2. The van der Waals surface area contributed by atoms with Crippen molar-refractivity contribution in [2.45, 2.75) is 6.54 Å². The van der Waals surface area contributed by atoms with E-state index in [1.54, 1.807) is 12.3 Å². The van der Waals surface area contributed by atoms with Crippen molar-refractivity contribution in [3.05, 3.63) is 78.9 Å². The minimum Gasteiger partial charge on any atom is -0.507 e. The van der Waals surface area contributed by atoms with E-state index in [0.29, 0.717) is 0 Å². The van der Waals surface area contributed by atoms with Crippen molar-refractivity contribution in [3.63, 3.8) is 0 Å². The average molecular weight is 333 g/mol. The molecule has 0 spiro atoms. The molecule has 2 aromatic carbocycles. The first-order valence-electron chi connectivity index (χ1n) is 7.60. The molecule has 0 unspecified atom stereocenters. The summed E-state index contributed by atoms with van der Waals surface area (Å²) in [7, 11) is 0. The topological polar surface area (TPSA) is 50.9 Å². The summed E-state index contributed by atoms with van der Waals surface area (Å²) in [4.78, 5) is 5.14. The predicted molar refractivity (Wildman–Crippen MR) is 96.0 cm³/mol. The Balaban J connectivity index is 1.57. The van der Waals surface area contributed by atoms with Crippen molar-refractivity contribution >= 4 is 11.5 Å². The molecule has 0 atom stereocenters.